The third kappa shape index (κ3) is 3.01. The molecule has 2 N–H and O–H groups in total. The van der Waals surface area contributed by atoms with Crippen LogP contribution in [0, 0.1) is 5.82 Å². The molecule has 0 fully saturated rings. The van der Waals surface area contributed by atoms with Gasteiger partial charge in [0.25, 0.3) is 5.91 Å². The summed E-state index contributed by atoms with van der Waals surface area (Å²) in [6.07, 6.45) is 1.89. The van der Waals surface area contributed by atoms with Crippen molar-refractivity contribution in [3.63, 3.8) is 0 Å². The van der Waals surface area contributed by atoms with Gasteiger partial charge in [0.2, 0.25) is 0 Å². The summed E-state index contributed by atoms with van der Waals surface area (Å²) in [6, 6.07) is 11.6. The number of fused-ring (bicyclic) bond motifs is 1. The number of para-hydroxylation sites is 1. The van der Waals surface area contributed by atoms with E-state index in [4.69, 9.17) is 11.6 Å². The first kappa shape index (κ1) is 15.8. The third-order valence-corrected chi connectivity index (χ3v) is 4.84. The zero-order chi connectivity index (χ0) is 17.4. The molecule has 0 radical (unpaired) electrons. The first-order valence-corrected chi connectivity index (χ1v) is 8.66. The molecule has 4 aromatic rings. The Morgan fingerprint density at radius 2 is 2.08 bits per heavy atom. The average Bonchev–Trinajstić information content (AvgIpc) is 3.21. The van der Waals surface area contributed by atoms with Gasteiger partial charge < -0.3 is 4.98 Å². The van der Waals surface area contributed by atoms with Crippen LogP contribution >= 0.6 is 22.9 Å². The van der Waals surface area contributed by atoms with Crippen molar-refractivity contribution in [1.29, 1.82) is 0 Å². The molecule has 0 atom stereocenters. The van der Waals surface area contributed by atoms with Gasteiger partial charge in [-0.15, -0.1) is 11.3 Å². The summed E-state index contributed by atoms with van der Waals surface area (Å²) in [6.45, 7) is 0. The molecular formula is C18H11ClFN3OS. The molecule has 1 amide bonds. The molecule has 0 aliphatic heterocycles. The van der Waals surface area contributed by atoms with Gasteiger partial charge in [-0.1, -0.05) is 29.8 Å². The fourth-order valence-electron chi connectivity index (χ4n) is 2.58. The van der Waals surface area contributed by atoms with E-state index < -0.39 is 11.7 Å². The summed E-state index contributed by atoms with van der Waals surface area (Å²) in [5.41, 5.74) is 2.95. The van der Waals surface area contributed by atoms with Crippen LogP contribution in [0.15, 0.2) is 54.0 Å². The molecule has 4 nitrogen and oxygen atoms in total. The first-order chi connectivity index (χ1) is 12.1. The van der Waals surface area contributed by atoms with Crippen LogP contribution in [0.3, 0.4) is 0 Å². The number of benzene rings is 2. The van der Waals surface area contributed by atoms with E-state index in [1.165, 1.54) is 23.5 Å². The normalized spacial score (nSPS) is 11.0. The highest BCUT2D eigenvalue weighted by Crippen LogP contribution is 2.31. The Balaban J connectivity index is 1.60. The summed E-state index contributed by atoms with van der Waals surface area (Å²) < 4.78 is 13.1. The van der Waals surface area contributed by atoms with Crippen molar-refractivity contribution in [1.82, 2.24) is 9.97 Å². The molecule has 0 saturated heterocycles. The largest absolute Gasteiger partial charge is 0.360 e. The number of aromatic amines is 1. The topological polar surface area (TPSA) is 57.8 Å². The summed E-state index contributed by atoms with van der Waals surface area (Å²) in [5.74, 6) is -0.915. The van der Waals surface area contributed by atoms with Crippen LogP contribution in [-0.4, -0.2) is 15.9 Å². The number of amides is 1. The predicted octanol–water partition coefficient (Wildman–Crippen LogP) is 5.34. The predicted molar refractivity (Wildman–Crippen MR) is 98.8 cm³/mol. The number of hydrogen-bond donors (Lipinski definition) is 2. The van der Waals surface area contributed by atoms with Crippen molar-refractivity contribution in [2.75, 3.05) is 5.32 Å². The Hall–Kier alpha value is -2.70. The smallest absolute Gasteiger partial charge is 0.258 e. The Morgan fingerprint density at radius 1 is 1.24 bits per heavy atom. The Morgan fingerprint density at radius 3 is 2.92 bits per heavy atom. The van der Waals surface area contributed by atoms with E-state index in [9.17, 15) is 9.18 Å². The van der Waals surface area contributed by atoms with E-state index in [2.05, 4.69) is 15.3 Å². The van der Waals surface area contributed by atoms with E-state index in [1.54, 1.807) is 0 Å². The maximum atomic E-state index is 13.1. The SMILES string of the molecule is O=C(Nc1nc(-c2c[nH]c3ccccc23)cs1)c1ccc(F)cc1Cl. The van der Waals surface area contributed by atoms with Crippen molar-refractivity contribution >= 4 is 44.9 Å². The molecule has 0 unspecified atom stereocenters. The van der Waals surface area contributed by atoms with Gasteiger partial charge in [0.15, 0.2) is 5.13 Å². The number of anilines is 1. The molecule has 7 heteroatoms. The minimum Gasteiger partial charge on any atom is -0.360 e. The van der Waals surface area contributed by atoms with Crippen LogP contribution in [0.1, 0.15) is 10.4 Å². The molecule has 25 heavy (non-hydrogen) atoms. The van der Waals surface area contributed by atoms with Gasteiger partial charge in [-0.25, -0.2) is 9.37 Å². The number of hydrogen-bond acceptors (Lipinski definition) is 3. The number of halogens is 2. The summed E-state index contributed by atoms with van der Waals surface area (Å²) in [5, 5.41) is 6.15. The van der Waals surface area contributed by atoms with Gasteiger partial charge in [0, 0.05) is 28.0 Å². The van der Waals surface area contributed by atoms with Gasteiger partial charge in [0.1, 0.15) is 5.82 Å². The van der Waals surface area contributed by atoms with E-state index >= 15 is 0 Å². The Kier molecular flexibility index (Phi) is 3.99. The highest BCUT2D eigenvalue weighted by atomic mass is 35.5. The standard InChI is InChI=1S/C18H11ClFN3OS/c19-14-7-10(20)5-6-12(14)17(24)23-18-22-16(9-25-18)13-8-21-15-4-2-1-3-11(13)15/h1-9,21H,(H,22,23,24). The lowest BCUT2D eigenvalue weighted by Gasteiger charge is -2.03. The van der Waals surface area contributed by atoms with Gasteiger partial charge in [-0.2, -0.15) is 0 Å². The van der Waals surface area contributed by atoms with Gasteiger partial charge in [0.05, 0.1) is 16.3 Å². The monoisotopic (exact) mass is 371 g/mol. The van der Waals surface area contributed by atoms with Crippen LogP contribution in [0.4, 0.5) is 9.52 Å². The second-order valence-electron chi connectivity index (χ2n) is 5.36. The molecule has 0 aliphatic rings. The molecule has 2 heterocycles. The lowest BCUT2D eigenvalue weighted by Crippen LogP contribution is -2.12. The molecular weight excluding hydrogens is 361 g/mol. The molecule has 124 valence electrons. The molecule has 0 aliphatic carbocycles. The van der Waals surface area contributed by atoms with Crippen molar-refractivity contribution in [2.24, 2.45) is 0 Å². The van der Waals surface area contributed by atoms with Crippen molar-refractivity contribution in [3.05, 3.63) is 70.4 Å². The van der Waals surface area contributed by atoms with E-state index in [0.717, 1.165) is 28.2 Å². The number of thiazole rings is 1. The first-order valence-electron chi connectivity index (χ1n) is 7.40. The van der Waals surface area contributed by atoms with Crippen molar-refractivity contribution in [3.8, 4) is 11.3 Å². The fraction of sp³-hybridized carbons (Fsp3) is 0. The molecule has 0 bridgehead atoms. The van der Waals surface area contributed by atoms with E-state index in [0.29, 0.717) is 5.13 Å². The maximum absolute atomic E-state index is 13.1. The second-order valence-corrected chi connectivity index (χ2v) is 6.63. The van der Waals surface area contributed by atoms with Crippen LogP contribution in [0.25, 0.3) is 22.2 Å². The number of aromatic nitrogens is 2. The molecule has 2 aromatic carbocycles. The van der Waals surface area contributed by atoms with Crippen molar-refractivity contribution < 1.29 is 9.18 Å². The minimum absolute atomic E-state index is 0.0610. The summed E-state index contributed by atoms with van der Waals surface area (Å²) in [4.78, 5) is 20.0. The lowest BCUT2D eigenvalue weighted by atomic mass is 10.1. The second kappa shape index (κ2) is 6.31. The lowest BCUT2D eigenvalue weighted by molar-refractivity contribution is 0.102. The average molecular weight is 372 g/mol. The van der Waals surface area contributed by atoms with Crippen molar-refractivity contribution in [2.45, 2.75) is 0 Å². The number of carbonyl (C=O) groups excluding carboxylic acids is 1. The molecule has 0 saturated carbocycles. The molecule has 2 aromatic heterocycles. The summed E-state index contributed by atoms with van der Waals surface area (Å²) >= 11 is 7.23. The maximum Gasteiger partial charge on any atom is 0.258 e. The number of carbonyl (C=O) groups is 1. The van der Waals surface area contributed by atoms with Crippen LogP contribution in [0.5, 0.6) is 0 Å². The zero-order valence-corrected chi connectivity index (χ0v) is 14.3. The fourth-order valence-corrected chi connectivity index (χ4v) is 3.54. The number of nitrogens with one attached hydrogen (secondary N) is 2. The third-order valence-electron chi connectivity index (χ3n) is 3.77. The quantitative estimate of drug-likeness (QED) is 0.511. The minimum atomic E-state index is -0.488. The number of rotatable bonds is 3. The van der Waals surface area contributed by atoms with E-state index in [1.807, 2.05) is 35.8 Å². The van der Waals surface area contributed by atoms with Crippen LogP contribution in [-0.2, 0) is 0 Å². The Bertz CT molecular complexity index is 1090. The molecule has 0 spiro atoms. The highest BCUT2D eigenvalue weighted by molar-refractivity contribution is 7.14. The van der Waals surface area contributed by atoms with E-state index in [-0.39, 0.29) is 10.6 Å². The number of nitrogens with zero attached hydrogens (tertiary/aromatic N) is 1. The van der Waals surface area contributed by atoms with Gasteiger partial charge in [-0.05, 0) is 24.3 Å². The summed E-state index contributed by atoms with van der Waals surface area (Å²) in [7, 11) is 0. The zero-order valence-electron chi connectivity index (χ0n) is 12.7. The van der Waals surface area contributed by atoms with Crippen LogP contribution in [0.2, 0.25) is 5.02 Å². The molecule has 4 rings (SSSR count). The van der Waals surface area contributed by atoms with Crippen LogP contribution < -0.4 is 5.32 Å². The van der Waals surface area contributed by atoms with Gasteiger partial charge >= 0.3 is 0 Å². The Labute approximate surface area is 151 Å². The highest BCUT2D eigenvalue weighted by Gasteiger charge is 2.15. The number of H-pyrrole nitrogens is 1. The van der Waals surface area contributed by atoms with Gasteiger partial charge in [-0.3, -0.25) is 10.1 Å².